The third-order valence-corrected chi connectivity index (χ3v) is 8.96. The number of rotatable bonds is 36. The van der Waals surface area contributed by atoms with E-state index < -0.39 is 0 Å². The van der Waals surface area contributed by atoms with Gasteiger partial charge in [0.15, 0.2) is 9.03 Å². The van der Waals surface area contributed by atoms with E-state index in [1.807, 2.05) is 0 Å². The minimum absolute atomic E-state index is 0.254. The van der Waals surface area contributed by atoms with Crippen molar-refractivity contribution in [3.05, 3.63) is 0 Å². The zero-order chi connectivity index (χ0) is 28.2. The molecule has 0 unspecified atom stereocenters. The quantitative estimate of drug-likeness (QED) is 0.0551. The molecule has 0 aliphatic rings. The third-order valence-electron chi connectivity index (χ3n) is 8.32. The van der Waals surface area contributed by atoms with Crippen molar-refractivity contribution >= 4 is 9.03 Å². The molecule has 0 aliphatic carbocycles. The van der Waals surface area contributed by atoms with Crippen LogP contribution in [-0.2, 0) is 9.05 Å². The summed E-state index contributed by atoms with van der Waals surface area (Å²) < 4.78 is 11.4. The average molecular weight is 571 g/mol. The molecular weight excluding hydrogens is 495 g/mol. The first-order chi connectivity index (χ1) is 19.4. The van der Waals surface area contributed by atoms with Gasteiger partial charge in [0, 0.05) is 0 Å². The van der Waals surface area contributed by atoms with Crippen molar-refractivity contribution in [3.8, 4) is 0 Å². The van der Waals surface area contributed by atoms with Crippen LogP contribution in [0, 0.1) is 0 Å². The standard InChI is InChI=1S/C36H75O2P/c1-3-5-7-9-11-13-15-17-19-21-23-25-27-29-31-33-35-37-39-38-36-34-32-30-28-26-24-22-20-18-16-14-12-10-8-6-4-2/h39H,3-36H2,1-2H3. The van der Waals surface area contributed by atoms with Gasteiger partial charge in [-0.2, -0.15) is 0 Å². The van der Waals surface area contributed by atoms with Crippen LogP contribution in [0.1, 0.15) is 219 Å². The van der Waals surface area contributed by atoms with Gasteiger partial charge in [-0.1, -0.05) is 206 Å². The zero-order valence-electron chi connectivity index (χ0n) is 27.4. The van der Waals surface area contributed by atoms with Gasteiger partial charge in [-0.05, 0) is 12.8 Å². The molecule has 0 fully saturated rings. The second kappa shape index (κ2) is 38.4. The van der Waals surface area contributed by atoms with Gasteiger partial charge in [-0.15, -0.1) is 0 Å². The highest BCUT2D eigenvalue weighted by Gasteiger charge is 1.97. The Labute approximate surface area is 250 Å². The van der Waals surface area contributed by atoms with Gasteiger partial charge in [0.25, 0.3) is 0 Å². The van der Waals surface area contributed by atoms with Gasteiger partial charge in [0.2, 0.25) is 0 Å². The largest absolute Gasteiger partial charge is 0.336 e. The van der Waals surface area contributed by atoms with E-state index in [1.54, 1.807) is 0 Å². The van der Waals surface area contributed by atoms with Crippen molar-refractivity contribution in [3.63, 3.8) is 0 Å². The molecule has 0 saturated heterocycles. The Morgan fingerprint density at radius 3 is 0.641 bits per heavy atom. The molecule has 0 N–H and O–H groups in total. The van der Waals surface area contributed by atoms with Gasteiger partial charge in [0.1, 0.15) is 0 Å². The fourth-order valence-electron chi connectivity index (χ4n) is 5.57. The molecule has 0 saturated carbocycles. The molecule has 0 atom stereocenters. The molecule has 0 aromatic carbocycles. The summed E-state index contributed by atoms with van der Waals surface area (Å²) >= 11 is 0. The predicted molar refractivity (Wildman–Crippen MR) is 179 cm³/mol. The van der Waals surface area contributed by atoms with E-state index in [1.165, 1.54) is 205 Å². The normalized spacial score (nSPS) is 11.5. The molecule has 0 rings (SSSR count). The summed E-state index contributed by atoms with van der Waals surface area (Å²) in [5.74, 6) is 0. The molecule has 0 aromatic heterocycles. The fourth-order valence-corrected chi connectivity index (χ4v) is 6.11. The molecule has 39 heavy (non-hydrogen) atoms. The summed E-state index contributed by atoms with van der Waals surface area (Å²) in [5, 5.41) is 0. The number of hydrogen-bond donors (Lipinski definition) is 0. The van der Waals surface area contributed by atoms with Crippen LogP contribution >= 0.6 is 9.03 Å². The van der Waals surface area contributed by atoms with Gasteiger partial charge >= 0.3 is 0 Å². The molecule has 0 amide bonds. The number of unbranched alkanes of at least 4 members (excludes halogenated alkanes) is 30. The van der Waals surface area contributed by atoms with Crippen molar-refractivity contribution in [2.75, 3.05) is 13.2 Å². The summed E-state index contributed by atoms with van der Waals surface area (Å²) in [5.41, 5.74) is 0. The highest BCUT2D eigenvalue weighted by molar-refractivity contribution is 7.26. The smallest absolute Gasteiger partial charge is 0.155 e. The molecule has 0 aromatic rings. The van der Waals surface area contributed by atoms with Gasteiger partial charge in [-0.25, -0.2) is 0 Å². The van der Waals surface area contributed by atoms with E-state index in [4.69, 9.17) is 9.05 Å². The molecule has 0 heterocycles. The van der Waals surface area contributed by atoms with E-state index in [0.717, 1.165) is 13.2 Å². The summed E-state index contributed by atoms with van der Waals surface area (Å²) in [6.45, 7) is 6.37. The summed E-state index contributed by atoms with van der Waals surface area (Å²) in [7, 11) is 0.254. The highest BCUT2D eigenvalue weighted by atomic mass is 31.1. The zero-order valence-corrected chi connectivity index (χ0v) is 28.4. The minimum atomic E-state index is 0.254. The Balaban J connectivity index is 3.01. The molecule has 0 spiro atoms. The van der Waals surface area contributed by atoms with Crippen LogP contribution in [0.2, 0.25) is 0 Å². The Morgan fingerprint density at radius 2 is 0.436 bits per heavy atom. The first kappa shape index (κ1) is 39.4. The summed E-state index contributed by atoms with van der Waals surface area (Å²) in [4.78, 5) is 0. The maximum absolute atomic E-state index is 5.69. The van der Waals surface area contributed by atoms with E-state index in [0.29, 0.717) is 0 Å². The van der Waals surface area contributed by atoms with E-state index in [-0.39, 0.29) is 9.03 Å². The topological polar surface area (TPSA) is 18.5 Å². The van der Waals surface area contributed by atoms with Crippen LogP contribution in [0.15, 0.2) is 0 Å². The Hall–Kier alpha value is 0.350. The van der Waals surface area contributed by atoms with Crippen LogP contribution in [0.25, 0.3) is 0 Å². The maximum Gasteiger partial charge on any atom is 0.155 e. The Morgan fingerprint density at radius 1 is 0.256 bits per heavy atom. The molecule has 3 heteroatoms. The van der Waals surface area contributed by atoms with Gasteiger partial charge in [0.05, 0.1) is 13.2 Å². The second-order valence-corrected chi connectivity index (χ2v) is 13.1. The lowest BCUT2D eigenvalue weighted by Crippen LogP contribution is -1.90. The summed E-state index contributed by atoms with van der Waals surface area (Å²) in [6.07, 6.45) is 45.4. The lowest BCUT2D eigenvalue weighted by Gasteiger charge is -2.06. The first-order valence-corrected chi connectivity index (χ1v) is 19.2. The predicted octanol–water partition coefficient (Wildman–Crippen LogP) is 14.1. The molecule has 0 aliphatic heterocycles. The van der Waals surface area contributed by atoms with Crippen LogP contribution in [0.3, 0.4) is 0 Å². The van der Waals surface area contributed by atoms with Gasteiger partial charge < -0.3 is 9.05 Å². The molecule has 236 valence electrons. The van der Waals surface area contributed by atoms with Gasteiger partial charge in [-0.3, -0.25) is 0 Å². The SMILES string of the molecule is CCCCCCCCCCCCCCCCCCOPOCCCCCCCCCCCCCCCCCC. The van der Waals surface area contributed by atoms with Crippen molar-refractivity contribution in [1.82, 2.24) is 0 Å². The van der Waals surface area contributed by atoms with Crippen molar-refractivity contribution in [2.24, 2.45) is 0 Å². The third kappa shape index (κ3) is 38.4. The lowest BCUT2D eigenvalue weighted by atomic mass is 10.0. The monoisotopic (exact) mass is 571 g/mol. The highest BCUT2D eigenvalue weighted by Crippen LogP contribution is 2.18. The maximum atomic E-state index is 5.69. The minimum Gasteiger partial charge on any atom is -0.336 e. The van der Waals surface area contributed by atoms with Crippen molar-refractivity contribution in [2.45, 2.75) is 219 Å². The average Bonchev–Trinajstić information content (AvgIpc) is 2.95. The molecule has 2 nitrogen and oxygen atoms in total. The fraction of sp³-hybridized carbons (Fsp3) is 1.00. The molecule has 0 bridgehead atoms. The van der Waals surface area contributed by atoms with Crippen LogP contribution in [0.5, 0.6) is 0 Å². The van der Waals surface area contributed by atoms with Crippen LogP contribution in [-0.4, -0.2) is 13.2 Å². The van der Waals surface area contributed by atoms with Crippen molar-refractivity contribution < 1.29 is 9.05 Å². The molecular formula is C36H75O2P. The van der Waals surface area contributed by atoms with E-state index >= 15 is 0 Å². The Kier molecular flexibility index (Phi) is 38.7. The van der Waals surface area contributed by atoms with Crippen molar-refractivity contribution in [1.29, 1.82) is 0 Å². The second-order valence-electron chi connectivity index (χ2n) is 12.4. The number of hydrogen-bond acceptors (Lipinski definition) is 2. The first-order valence-electron chi connectivity index (χ1n) is 18.4. The van der Waals surface area contributed by atoms with E-state index in [2.05, 4.69) is 13.8 Å². The summed E-state index contributed by atoms with van der Waals surface area (Å²) in [6, 6.07) is 0. The van der Waals surface area contributed by atoms with E-state index in [9.17, 15) is 0 Å². The van der Waals surface area contributed by atoms with Crippen LogP contribution < -0.4 is 0 Å². The van der Waals surface area contributed by atoms with Crippen LogP contribution in [0.4, 0.5) is 0 Å². The molecule has 0 radical (unpaired) electrons. The lowest BCUT2D eigenvalue weighted by molar-refractivity contribution is 0.256. The Bertz CT molecular complexity index is 368.